The third-order valence-corrected chi connectivity index (χ3v) is 6.32. The fraction of sp³-hybridized carbons (Fsp3) is 0.409. The van der Waals surface area contributed by atoms with Gasteiger partial charge in [-0.15, -0.1) is 0 Å². The predicted molar refractivity (Wildman–Crippen MR) is 123 cm³/mol. The van der Waals surface area contributed by atoms with E-state index >= 15 is 0 Å². The fourth-order valence-electron chi connectivity index (χ4n) is 3.62. The summed E-state index contributed by atoms with van der Waals surface area (Å²) in [4.78, 5) is 51.5. The summed E-state index contributed by atoms with van der Waals surface area (Å²) in [5.74, 6) is -2.87. The molecule has 1 fully saturated rings. The van der Waals surface area contributed by atoms with Crippen molar-refractivity contribution in [2.24, 2.45) is 0 Å². The number of nitrogens with zero attached hydrogens (tertiary/aromatic N) is 2. The molecule has 0 spiro atoms. The van der Waals surface area contributed by atoms with E-state index in [1.54, 1.807) is 30.3 Å². The summed E-state index contributed by atoms with van der Waals surface area (Å²) >= 11 is 0. The van der Waals surface area contributed by atoms with Crippen LogP contribution in [0.15, 0.2) is 41.3 Å². The van der Waals surface area contributed by atoms with Crippen molar-refractivity contribution in [3.63, 3.8) is 0 Å². The maximum Gasteiger partial charge on any atom is 0.351 e. The first kappa shape index (κ1) is 27.0. The number of benzene rings is 1. The van der Waals surface area contributed by atoms with Crippen LogP contribution in [-0.2, 0) is 43.9 Å². The van der Waals surface area contributed by atoms with Gasteiger partial charge in [0, 0.05) is 20.0 Å². The third kappa shape index (κ3) is 6.53. The van der Waals surface area contributed by atoms with E-state index in [-0.39, 0.29) is 11.4 Å². The van der Waals surface area contributed by atoms with Crippen molar-refractivity contribution in [3.8, 4) is 0 Å². The Morgan fingerprint density at radius 1 is 1.08 bits per heavy atom. The smallest absolute Gasteiger partial charge is 0.351 e. The number of hydrogen-bond donors (Lipinski definition) is 1. The van der Waals surface area contributed by atoms with E-state index < -0.39 is 70.4 Å². The number of anilines is 1. The van der Waals surface area contributed by atoms with Gasteiger partial charge in [0.1, 0.15) is 30.4 Å². The lowest BCUT2D eigenvalue weighted by atomic mass is 10.1. The first-order valence-electron chi connectivity index (χ1n) is 10.7. The number of nitrogens with two attached hydrogens (primary N) is 1. The lowest BCUT2D eigenvalue weighted by Gasteiger charge is -2.24. The van der Waals surface area contributed by atoms with Crippen LogP contribution in [0.5, 0.6) is 0 Å². The standard InChI is InChI=1S/C22H25N3O10S/c1-12(26)16-9-25(22(29)24-20(16)23)21-19(33-14(3)28)18(17(34-21)10-32-13(2)27)35-36(30,31)11-15-7-5-4-6-8-15/h4-9,17-19,21H,10-11H2,1-3H3,(H2,23,24,29)/t17-,18+,19-,21-/m1/s1. The number of nitrogen functional groups attached to an aromatic ring is 1. The number of ketones is 1. The van der Waals surface area contributed by atoms with E-state index in [4.69, 9.17) is 24.1 Å². The van der Waals surface area contributed by atoms with Gasteiger partial charge in [0.25, 0.3) is 10.1 Å². The molecule has 0 saturated carbocycles. The largest absolute Gasteiger partial charge is 0.463 e. The van der Waals surface area contributed by atoms with E-state index in [0.29, 0.717) is 5.56 Å². The Bertz CT molecular complexity index is 1310. The molecule has 0 aliphatic carbocycles. The van der Waals surface area contributed by atoms with E-state index in [1.165, 1.54) is 6.92 Å². The van der Waals surface area contributed by atoms with Crippen molar-refractivity contribution >= 4 is 33.7 Å². The van der Waals surface area contributed by atoms with Gasteiger partial charge >= 0.3 is 17.6 Å². The quantitative estimate of drug-likeness (QED) is 0.270. The van der Waals surface area contributed by atoms with Gasteiger partial charge in [0.05, 0.1) is 5.56 Å². The van der Waals surface area contributed by atoms with Gasteiger partial charge in [-0.2, -0.15) is 13.4 Å². The molecule has 0 radical (unpaired) electrons. The summed E-state index contributed by atoms with van der Waals surface area (Å²) in [6.45, 7) is 2.92. The van der Waals surface area contributed by atoms with Crippen molar-refractivity contribution in [1.29, 1.82) is 0 Å². The van der Waals surface area contributed by atoms with Gasteiger partial charge in [-0.05, 0) is 12.5 Å². The Balaban J connectivity index is 2.04. The van der Waals surface area contributed by atoms with Crippen LogP contribution in [0.4, 0.5) is 5.82 Å². The molecule has 1 saturated heterocycles. The molecule has 36 heavy (non-hydrogen) atoms. The summed E-state index contributed by atoms with van der Waals surface area (Å²) < 4.78 is 48.1. The first-order valence-corrected chi connectivity index (χ1v) is 12.3. The molecule has 0 bridgehead atoms. The maximum atomic E-state index is 12.9. The number of carbonyl (C=O) groups is 3. The summed E-state index contributed by atoms with van der Waals surface area (Å²) in [7, 11) is -4.29. The van der Waals surface area contributed by atoms with E-state index in [9.17, 15) is 27.6 Å². The van der Waals surface area contributed by atoms with Crippen LogP contribution in [0.25, 0.3) is 0 Å². The zero-order chi connectivity index (χ0) is 26.6. The average molecular weight is 524 g/mol. The predicted octanol–water partition coefficient (Wildman–Crippen LogP) is 0.336. The molecule has 2 N–H and O–H groups in total. The van der Waals surface area contributed by atoms with Crippen molar-refractivity contribution in [1.82, 2.24) is 9.55 Å². The highest BCUT2D eigenvalue weighted by Crippen LogP contribution is 2.35. The zero-order valence-corrected chi connectivity index (χ0v) is 20.5. The van der Waals surface area contributed by atoms with E-state index in [1.807, 2.05) is 0 Å². The highest BCUT2D eigenvalue weighted by molar-refractivity contribution is 7.85. The monoisotopic (exact) mass is 523 g/mol. The molecule has 2 heterocycles. The van der Waals surface area contributed by atoms with Gasteiger partial charge < -0.3 is 19.9 Å². The van der Waals surface area contributed by atoms with Crippen LogP contribution in [0.2, 0.25) is 0 Å². The van der Waals surface area contributed by atoms with Crippen LogP contribution in [0, 0.1) is 0 Å². The Hall–Kier alpha value is -3.62. The van der Waals surface area contributed by atoms with Crippen LogP contribution >= 0.6 is 0 Å². The highest BCUT2D eigenvalue weighted by atomic mass is 32.2. The van der Waals surface area contributed by atoms with Gasteiger partial charge in [0.15, 0.2) is 18.1 Å². The number of esters is 2. The van der Waals surface area contributed by atoms with Crippen molar-refractivity contribution in [3.05, 3.63) is 58.1 Å². The first-order chi connectivity index (χ1) is 16.9. The second-order valence-corrected chi connectivity index (χ2v) is 9.57. The van der Waals surface area contributed by atoms with E-state index in [0.717, 1.165) is 24.6 Å². The molecule has 1 aromatic heterocycles. The number of carbonyl (C=O) groups excluding carboxylic acids is 3. The molecule has 0 unspecified atom stereocenters. The molecule has 1 aliphatic heterocycles. The zero-order valence-electron chi connectivity index (χ0n) is 19.7. The van der Waals surface area contributed by atoms with Crippen LogP contribution in [0.1, 0.15) is 42.9 Å². The Labute approximate surface area is 206 Å². The van der Waals surface area contributed by atoms with Crippen molar-refractivity contribution in [2.45, 2.75) is 51.1 Å². The third-order valence-electron chi connectivity index (χ3n) is 5.12. The van der Waals surface area contributed by atoms with Crippen molar-refractivity contribution in [2.75, 3.05) is 12.3 Å². The number of hydrogen-bond acceptors (Lipinski definition) is 12. The minimum atomic E-state index is -4.29. The molecular formula is C22H25N3O10S. The van der Waals surface area contributed by atoms with Gasteiger partial charge in [-0.1, -0.05) is 30.3 Å². The number of Topliss-reactive ketones (excluding diaryl/α,β-unsaturated/α-hetero) is 1. The van der Waals surface area contributed by atoms with Gasteiger partial charge in [-0.3, -0.25) is 23.1 Å². The molecule has 4 atom stereocenters. The Morgan fingerprint density at radius 2 is 1.75 bits per heavy atom. The van der Waals surface area contributed by atoms with Crippen molar-refractivity contribution < 1.29 is 41.2 Å². The lowest BCUT2D eigenvalue weighted by molar-refractivity contribution is -0.155. The van der Waals surface area contributed by atoms with Gasteiger partial charge in [0.2, 0.25) is 0 Å². The summed E-state index contributed by atoms with van der Waals surface area (Å²) in [5.41, 5.74) is 5.02. The van der Waals surface area contributed by atoms with Crippen LogP contribution in [-0.4, -0.2) is 60.6 Å². The molecule has 1 aliphatic rings. The SMILES string of the molecule is CC(=O)OC[C@H]1O[C@@H](n2cc(C(C)=O)c(N)nc2=O)[C@H](OC(C)=O)[C@H]1OS(=O)(=O)Cc1ccccc1. The minimum Gasteiger partial charge on any atom is -0.463 e. The maximum absolute atomic E-state index is 12.9. The summed E-state index contributed by atoms with van der Waals surface area (Å²) in [6.07, 6.45) is -4.71. The Kier molecular flexibility index (Phi) is 8.22. The second kappa shape index (κ2) is 11.0. The topological polar surface area (TPSA) is 183 Å². The normalized spacial score (nSPS) is 21.6. The number of ether oxygens (including phenoxy) is 3. The molecule has 3 rings (SSSR count). The average Bonchev–Trinajstić information content (AvgIpc) is 3.08. The molecule has 0 amide bonds. The molecule has 1 aromatic carbocycles. The highest BCUT2D eigenvalue weighted by Gasteiger charge is 2.51. The summed E-state index contributed by atoms with van der Waals surface area (Å²) in [5, 5.41) is 0. The second-order valence-electron chi connectivity index (χ2n) is 7.98. The van der Waals surface area contributed by atoms with Crippen LogP contribution < -0.4 is 11.4 Å². The molecular weight excluding hydrogens is 498 g/mol. The molecule has 14 heteroatoms. The van der Waals surface area contributed by atoms with Gasteiger partial charge in [-0.25, -0.2) is 4.79 Å². The molecule has 13 nitrogen and oxygen atoms in total. The molecule has 2 aromatic rings. The summed E-state index contributed by atoms with van der Waals surface area (Å²) in [6, 6.07) is 8.18. The van der Waals surface area contributed by atoms with Crippen LogP contribution in [0.3, 0.4) is 0 Å². The fourth-order valence-corrected chi connectivity index (χ4v) is 4.86. The Morgan fingerprint density at radius 3 is 2.33 bits per heavy atom. The lowest BCUT2D eigenvalue weighted by Crippen LogP contribution is -2.42. The minimum absolute atomic E-state index is 0.114. The number of aromatic nitrogens is 2. The van der Waals surface area contributed by atoms with E-state index in [2.05, 4.69) is 4.98 Å². The molecule has 194 valence electrons. The number of rotatable bonds is 9.